The fourth-order valence-electron chi connectivity index (χ4n) is 2.86. The molecule has 0 saturated heterocycles. The van der Waals surface area contributed by atoms with Crippen LogP contribution in [0.3, 0.4) is 0 Å². The van der Waals surface area contributed by atoms with Gasteiger partial charge < -0.3 is 9.64 Å². The van der Waals surface area contributed by atoms with Gasteiger partial charge >= 0.3 is 5.97 Å². The van der Waals surface area contributed by atoms with Crippen LogP contribution in [0.15, 0.2) is 16.6 Å². The normalized spacial score (nSPS) is 15.7. The minimum atomic E-state index is -0.336. The lowest BCUT2D eigenvalue weighted by atomic mass is 10.0. The summed E-state index contributed by atoms with van der Waals surface area (Å²) in [5.41, 5.74) is 2.45. The number of likely N-dealkylation sites (N-methyl/N-ethyl adjacent to an activating group) is 1. The van der Waals surface area contributed by atoms with Crippen LogP contribution in [0, 0.1) is 0 Å². The third-order valence-corrected chi connectivity index (χ3v) is 5.99. The lowest BCUT2D eigenvalue weighted by Crippen LogP contribution is -2.18. The molecule has 0 saturated carbocycles. The van der Waals surface area contributed by atoms with E-state index in [1.807, 2.05) is 12.1 Å². The molecule has 3 rings (SSSR count). The molecule has 1 aliphatic heterocycles. The number of esters is 1. The predicted octanol–water partition coefficient (Wildman–Crippen LogP) is 4.84. The molecule has 2 aromatic rings. The van der Waals surface area contributed by atoms with Crippen LogP contribution in [0.25, 0.3) is 16.2 Å². The number of thiophene rings is 1. The molecule has 0 N–H and O–H groups in total. The van der Waals surface area contributed by atoms with Crippen LogP contribution in [0.1, 0.15) is 22.9 Å². The maximum Gasteiger partial charge on any atom is 0.345 e. The van der Waals surface area contributed by atoms with Crippen molar-refractivity contribution in [1.82, 2.24) is 4.90 Å². The predicted molar refractivity (Wildman–Crippen MR) is 100 cm³/mol. The maximum atomic E-state index is 11.9. The largest absolute Gasteiger partial charge is 0.462 e. The summed E-state index contributed by atoms with van der Waals surface area (Å²) in [4.78, 5) is 15.2. The van der Waals surface area contributed by atoms with Gasteiger partial charge in [0.15, 0.2) is 0 Å². The van der Waals surface area contributed by atoms with Gasteiger partial charge in [-0.15, -0.1) is 11.3 Å². The topological polar surface area (TPSA) is 29.5 Å². The molecule has 0 radical (unpaired) electrons. The number of carbonyl (C=O) groups is 1. The fourth-order valence-corrected chi connectivity index (χ4v) is 4.80. The SMILES string of the molecule is CCOC(=O)/C(Br)=C/c1sc2ccc(Cl)c3c2c1CN(C)CC3. The summed E-state index contributed by atoms with van der Waals surface area (Å²) in [6.45, 7) is 3.99. The summed E-state index contributed by atoms with van der Waals surface area (Å²) >= 11 is 11.5. The lowest BCUT2D eigenvalue weighted by Gasteiger charge is -2.13. The molecule has 0 unspecified atom stereocenters. The summed E-state index contributed by atoms with van der Waals surface area (Å²) < 4.78 is 6.70. The average Bonchev–Trinajstić information content (AvgIpc) is 2.73. The minimum Gasteiger partial charge on any atom is -0.462 e. The molecule has 2 heterocycles. The first-order chi connectivity index (χ1) is 11.0. The van der Waals surface area contributed by atoms with Crippen LogP contribution in [0.2, 0.25) is 5.02 Å². The zero-order chi connectivity index (χ0) is 16.6. The molecule has 0 spiro atoms. The van der Waals surface area contributed by atoms with E-state index in [9.17, 15) is 4.79 Å². The molecule has 1 aromatic heterocycles. The minimum absolute atomic E-state index is 0.336. The molecule has 1 aliphatic rings. The van der Waals surface area contributed by atoms with Gasteiger partial charge in [0.25, 0.3) is 0 Å². The zero-order valence-electron chi connectivity index (χ0n) is 13.0. The number of ether oxygens (including phenoxy) is 1. The summed E-state index contributed by atoms with van der Waals surface area (Å²) in [7, 11) is 2.11. The molecule has 0 aliphatic carbocycles. The van der Waals surface area contributed by atoms with E-state index in [0.717, 1.165) is 29.4 Å². The highest BCUT2D eigenvalue weighted by Gasteiger charge is 2.21. The van der Waals surface area contributed by atoms with Crippen LogP contribution >= 0.6 is 38.9 Å². The molecule has 23 heavy (non-hydrogen) atoms. The van der Waals surface area contributed by atoms with Crippen molar-refractivity contribution in [1.29, 1.82) is 0 Å². The Balaban J connectivity index is 2.15. The molecular formula is C17H17BrClNO2S. The Kier molecular flexibility index (Phi) is 5.11. The highest BCUT2D eigenvalue weighted by Crippen LogP contribution is 2.40. The van der Waals surface area contributed by atoms with E-state index in [0.29, 0.717) is 11.1 Å². The second kappa shape index (κ2) is 6.93. The summed E-state index contributed by atoms with van der Waals surface area (Å²) in [5, 5.41) is 2.08. The van der Waals surface area contributed by atoms with E-state index in [1.165, 1.54) is 21.2 Å². The number of carbonyl (C=O) groups excluding carboxylic acids is 1. The molecule has 3 nitrogen and oxygen atoms in total. The van der Waals surface area contributed by atoms with Crippen molar-refractivity contribution in [2.75, 3.05) is 20.2 Å². The van der Waals surface area contributed by atoms with Crippen LogP contribution in [-0.2, 0) is 22.5 Å². The Morgan fingerprint density at radius 1 is 1.48 bits per heavy atom. The first-order valence-corrected chi connectivity index (χ1v) is 9.45. The van der Waals surface area contributed by atoms with Crippen molar-refractivity contribution in [2.45, 2.75) is 19.9 Å². The van der Waals surface area contributed by atoms with Crippen LogP contribution in [-0.4, -0.2) is 31.1 Å². The van der Waals surface area contributed by atoms with Crippen molar-refractivity contribution in [3.8, 4) is 0 Å². The van der Waals surface area contributed by atoms with Gasteiger partial charge in [-0.3, -0.25) is 0 Å². The molecular weight excluding hydrogens is 398 g/mol. The third kappa shape index (κ3) is 3.33. The highest BCUT2D eigenvalue weighted by molar-refractivity contribution is 9.12. The molecule has 0 amide bonds. The van der Waals surface area contributed by atoms with Gasteiger partial charge in [0.2, 0.25) is 0 Å². The molecule has 6 heteroatoms. The highest BCUT2D eigenvalue weighted by atomic mass is 79.9. The molecule has 0 atom stereocenters. The Hall–Kier alpha value is -0.880. The molecule has 1 aromatic carbocycles. The Labute approximate surface area is 153 Å². The Morgan fingerprint density at radius 2 is 2.26 bits per heavy atom. The third-order valence-electron chi connectivity index (χ3n) is 3.94. The van der Waals surface area contributed by atoms with Crippen molar-refractivity contribution in [3.63, 3.8) is 0 Å². The molecule has 0 bridgehead atoms. The van der Waals surface area contributed by atoms with Crippen molar-refractivity contribution in [3.05, 3.63) is 37.6 Å². The smallest absolute Gasteiger partial charge is 0.345 e. The summed E-state index contributed by atoms with van der Waals surface area (Å²) in [5.74, 6) is -0.336. The number of hydrogen-bond donors (Lipinski definition) is 0. The molecule has 122 valence electrons. The Bertz CT molecular complexity index is 799. The number of rotatable bonds is 3. The van der Waals surface area contributed by atoms with Gasteiger partial charge in [-0.05, 0) is 65.7 Å². The van der Waals surface area contributed by atoms with E-state index >= 15 is 0 Å². The van der Waals surface area contributed by atoms with Crippen LogP contribution < -0.4 is 0 Å². The monoisotopic (exact) mass is 413 g/mol. The zero-order valence-corrected chi connectivity index (χ0v) is 16.1. The van der Waals surface area contributed by atoms with E-state index in [1.54, 1.807) is 18.3 Å². The fraction of sp³-hybridized carbons (Fsp3) is 0.353. The summed E-state index contributed by atoms with van der Waals surface area (Å²) in [6, 6.07) is 4.04. The van der Waals surface area contributed by atoms with Gasteiger partial charge in [0.1, 0.15) is 4.48 Å². The number of hydrogen-bond acceptors (Lipinski definition) is 4. The van der Waals surface area contributed by atoms with Gasteiger partial charge in [-0.25, -0.2) is 4.79 Å². The van der Waals surface area contributed by atoms with Crippen molar-refractivity contribution in [2.24, 2.45) is 0 Å². The second-order valence-corrected chi connectivity index (χ2v) is 7.89. The Morgan fingerprint density at radius 3 is 3.00 bits per heavy atom. The molecule has 0 fully saturated rings. The first kappa shape index (κ1) is 17.0. The number of halogens is 2. The number of nitrogens with zero attached hydrogens (tertiary/aromatic N) is 1. The van der Waals surface area contributed by atoms with E-state index in [2.05, 4.69) is 33.9 Å². The van der Waals surface area contributed by atoms with Crippen molar-refractivity contribution >= 4 is 61.0 Å². The van der Waals surface area contributed by atoms with E-state index in [4.69, 9.17) is 16.3 Å². The number of benzene rings is 1. The standard InChI is InChI=1S/C17H17BrClNO2S/c1-3-22-17(21)12(18)8-15-11-9-20(2)7-6-10-13(19)4-5-14(23-15)16(10)11/h4-5,8H,3,6-7,9H2,1-2H3/b12-8-. The first-order valence-electron chi connectivity index (χ1n) is 7.47. The van der Waals surface area contributed by atoms with Gasteiger partial charge in [0.05, 0.1) is 6.61 Å². The van der Waals surface area contributed by atoms with Gasteiger partial charge in [-0.1, -0.05) is 11.6 Å². The van der Waals surface area contributed by atoms with E-state index in [-0.39, 0.29) is 5.97 Å². The summed E-state index contributed by atoms with van der Waals surface area (Å²) in [6.07, 6.45) is 2.81. The second-order valence-electron chi connectivity index (χ2n) is 5.54. The average molecular weight is 415 g/mol. The quantitative estimate of drug-likeness (QED) is 0.531. The van der Waals surface area contributed by atoms with Crippen molar-refractivity contribution < 1.29 is 9.53 Å². The van der Waals surface area contributed by atoms with Crippen LogP contribution in [0.4, 0.5) is 0 Å². The van der Waals surface area contributed by atoms with E-state index < -0.39 is 0 Å². The van der Waals surface area contributed by atoms with Gasteiger partial charge in [-0.2, -0.15) is 0 Å². The van der Waals surface area contributed by atoms with Gasteiger partial charge in [0, 0.05) is 33.1 Å². The maximum absolute atomic E-state index is 11.9. The lowest BCUT2D eigenvalue weighted by molar-refractivity contribution is -0.137. The van der Waals surface area contributed by atoms with Crippen LogP contribution in [0.5, 0.6) is 0 Å².